The van der Waals surface area contributed by atoms with Crippen molar-refractivity contribution in [1.29, 1.82) is 0 Å². The summed E-state index contributed by atoms with van der Waals surface area (Å²) < 4.78 is 16.2. The lowest BCUT2D eigenvalue weighted by Crippen LogP contribution is -2.18. The van der Waals surface area contributed by atoms with Crippen molar-refractivity contribution in [2.75, 3.05) is 0 Å². The fourth-order valence-electron chi connectivity index (χ4n) is 4.09. The number of benzene rings is 1. The molecule has 2 aromatic rings. The molecule has 0 bridgehead atoms. The highest BCUT2D eigenvalue weighted by molar-refractivity contribution is 5.92. The molecular weight excluding hydrogens is 333 g/mol. The van der Waals surface area contributed by atoms with E-state index in [1.165, 1.54) is 55.4 Å². The SMILES string of the molecule is Cn1cc(C(=O)O)c(=O)c2cc(CC3CCCCCCCC3)c(F)cc21. The number of carboxylic acid groups (broad SMARTS) is 1. The number of aryl methyl sites for hydroxylation is 1. The summed E-state index contributed by atoms with van der Waals surface area (Å²) in [6.07, 6.45) is 11.4. The van der Waals surface area contributed by atoms with Crippen LogP contribution in [0, 0.1) is 11.7 Å². The maximum absolute atomic E-state index is 14.7. The lowest BCUT2D eigenvalue weighted by Gasteiger charge is -2.17. The van der Waals surface area contributed by atoms with Gasteiger partial charge in [0.25, 0.3) is 0 Å². The molecule has 0 saturated heterocycles. The van der Waals surface area contributed by atoms with Crippen LogP contribution in [0.5, 0.6) is 0 Å². The van der Waals surface area contributed by atoms with Crippen LogP contribution < -0.4 is 5.43 Å². The van der Waals surface area contributed by atoms with Crippen LogP contribution in [0.2, 0.25) is 0 Å². The zero-order valence-corrected chi connectivity index (χ0v) is 15.3. The highest BCUT2D eigenvalue weighted by Crippen LogP contribution is 2.27. The quantitative estimate of drug-likeness (QED) is 0.866. The summed E-state index contributed by atoms with van der Waals surface area (Å²) in [5, 5.41) is 9.52. The maximum atomic E-state index is 14.7. The maximum Gasteiger partial charge on any atom is 0.341 e. The predicted molar refractivity (Wildman–Crippen MR) is 100 cm³/mol. The van der Waals surface area contributed by atoms with E-state index in [0.29, 0.717) is 23.4 Å². The Morgan fingerprint density at radius 1 is 1.15 bits per heavy atom. The van der Waals surface area contributed by atoms with Gasteiger partial charge in [-0.15, -0.1) is 0 Å². The molecule has 26 heavy (non-hydrogen) atoms. The molecule has 0 amide bonds. The molecule has 1 heterocycles. The van der Waals surface area contributed by atoms with Gasteiger partial charge in [0.2, 0.25) is 5.43 Å². The average molecular weight is 359 g/mol. The standard InChI is InChI=1S/C21H26FNO3/c1-23-13-17(21(25)26)20(24)16-11-15(18(22)12-19(16)23)10-14-8-6-4-2-3-5-7-9-14/h11-14H,2-10H2,1H3,(H,25,26). The number of hydrogen-bond acceptors (Lipinski definition) is 2. The largest absolute Gasteiger partial charge is 0.477 e. The fourth-order valence-corrected chi connectivity index (χ4v) is 4.09. The zero-order valence-electron chi connectivity index (χ0n) is 15.3. The summed E-state index contributed by atoms with van der Waals surface area (Å²) in [6.45, 7) is 0. The number of carbonyl (C=O) groups is 1. The molecule has 4 nitrogen and oxygen atoms in total. The minimum Gasteiger partial charge on any atom is -0.477 e. The van der Waals surface area contributed by atoms with Crippen molar-refractivity contribution >= 4 is 16.9 Å². The van der Waals surface area contributed by atoms with Crippen LogP contribution in [0.1, 0.15) is 67.3 Å². The topological polar surface area (TPSA) is 59.3 Å². The minimum atomic E-state index is -1.25. The van der Waals surface area contributed by atoms with E-state index in [9.17, 15) is 19.1 Å². The molecule has 140 valence electrons. The molecule has 1 saturated carbocycles. The number of hydrogen-bond donors (Lipinski definition) is 1. The summed E-state index contributed by atoms with van der Waals surface area (Å²) in [4.78, 5) is 23.8. The second kappa shape index (κ2) is 8.02. The average Bonchev–Trinajstić information content (AvgIpc) is 2.73. The molecule has 1 fully saturated rings. The number of nitrogens with zero attached hydrogens (tertiary/aromatic N) is 1. The van der Waals surface area contributed by atoms with Crippen LogP contribution in [0.3, 0.4) is 0 Å². The van der Waals surface area contributed by atoms with Crippen LogP contribution in [0.15, 0.2) is 23.1 Å². The molecule has 5 heteroatoms. The predicted octanol–water partition coefficient (Wildman–Crippen LogP) is 4.67. The smallest absolute Gasteiger partial charge is 0.341 e. The van der Waals surface area contributed by atoms with Crippen molar-refractivity contribution in [1.82, 2.24) is 4.57 Å². The lowest BCUT2D eigenvalue weighted by molar-refractivity contribution is 0.0695. The summed E-state index contributed by atoms with van der Waals surface area (Å²) in [6, 6.07) is 2.94. The van der Waals surface area contributed by atoms with Crippen molar-refractivity contribution in [2.45, 2.75) is 57.8 Å². The molecule has 1 aliphatic carbocycles. The van der Waals surface area contributed by atoms with Gasteiger partial charge >= 0.3 is 5.97 Å². The molecule has 0 aliphatic heterocycles. The fraction of sp³-hybridized carbons (Fsp3) is 0.524. The van der Waals surface area contributed by atoms with Crippen LogP contribution >= 0.6 is 0 Å². The van der Waals surface area contributed by atoms with E-state index in [1.807, 2.05) is 0 Å². The first kappa shape index (κ1) is 18.6. The van der Waals surface area contributed by atoms with Gasteiger partial charge in [-0.3, -0.25) is 4.79 Å². The Kier molecular flexibility index (Phi) is 5.74. The van der Waals surface area contributed by atoms with E-state index in [4.69, 9.17) is 0 Å². The Morgan fingerprint density at radius 2 is 1.77 bits per heavy atom. The van der Waals surface area contributed by atoms with Crippen molar-refractivity contribution in [3.05, 3.63) is 45.5 Å². The third-order valence-electron chi connectivity index (χ3n) is 5.57. The first-order valence-corrected chi connectivity index (χ1v) is 9.52. The van der Waals surface area contributed by atoms with Gasteiger partial charge < -0.3 is 9.67 Å². The van der Waals surface area contributed by atoms with Gasteiger partial charge in [-0.2, -0.15) is 0 Å². The van der Waals surface area contributed by atoms with Crippen molar-refractivity contribution in [3.63, 3.8) is 0 Å². The first-order chi connectivity index (χ1) is 12.5. The van der Waals surface area contributed by atoms with Crippen molar-refractivity contribution in [3.8, 4) is 0 Å². The van der Waals surface area contributed by atoms with Gasteiger partial charge in [-0.1, -0.05) is 51.4 Å². The highest BCUT2D eigenvalue weighted by atomic mass is 19.1. The number of halogens is 1. The third-order valence-corrected chi connectivity index (χ3v) is 5.57. The van der Waals surface area contributed by atoms with E-state index in [0.717, 1.165) is 12.8 Å². The Balaban J connectivity index is 1.97. The van der Waals surface area contributed by atoms with Gasteiger partial charge in [0.1, 0.15) is 11.4 Å². The van der Waals surface area contributed by atoms with Crippen LogP contribution in [-0.2, 0) is 13.5 Å². The number of aromatic nitrogens is 1. The first-order valence-electron chi connectivity index (χ1n) is 9.52. The molecule has 0 atom stereocenters. The minimum absolute atomic E-state index is 0.278. The van der Waals surface area contributed by atoms with E-state index < -0.39 is 11.4 Å². The summed E-state index contributed by atoms with van der Waals surface area (Å²) >= 11 is 0. The Hall–Kier alpha value is -2.17. The summed E-state index contributed by atoms with van der Waals surface area (Å²) in [7, 11) is 1.63. The van der Waals surface area contributed by atoms with Crippen LogP contribution in [0.4, 0.5) is 4.39 Å². The van der Waals surface area contributed by atoms with E-state index >= 15 is 0 Å². The van der Waals surface area contributed by atoms with Crippen molar-refractivity contribution < 1.29 is 14.3 Å². The van der Waals surface area contributed by atoms with Gasteiger partial charge in [-0.05, 0) is 30.0 Å². The Bertz CT molecular complexity index is 862. The van der Waals surface area contributed by atoms with Gasteiger partial charge in [0.05, 0.1) is 5.52 Å². The summed E-state index contributed by atoms with van der Waals surface area (Å²) in [5.41, 5.74) is 0.137. The monoisotopic (exact) mass is 359 g/mol. The molecular formula is C21H26FNO3. The zero-order chi connectivity index (χ0) is 18.7. The highest BCUT2D eigenvalue weighted by Gasteiger charge is 2.18. The molecule has 1 aliphatic rings. The van der Waals surface area contributed by atoms with Gasteiger partial charge in [-0.25, -0.2) is 9.18 Å². The molecule has 3 rings (SSSR count). The van der Waals surface area contributed by atoms with E-state index in [1.54, 1.807) is 13.1 Å². The number of fused-ring (bicyclic) bond motifs is 1. The van der Waals surface area contributed by atoms with Gasteiger partial charge in [0, 0.05) is 18.6 Å². The van der Waals surface area contributed by atoms with E-state index in [2.05, 4.69) is 0 Å². The van der Waals surface area contributed by atoms with E-state index in [-0.39, 0.29) is 16.8 Å². The van der Waals surface area contributed by atoms with Crippen LogP contribution in [-0.4, -0.2) is 15.6 Å². The molecule has 1 aromatic carbocycles. The van der Waals surface area contributed by atoms with Gasteiger partial charge in [0.15, 0.2) is 0 Å². The number of rotatable bonds is 3. The molecule has 0 radical (unpaired) electrons. The number of pyridine rings is 1. The van der Waals surface area contributed by atoms with Crippen molar-refractivity contribution in [2.24, 2.45) is 13.0 Å². The second-order valence-corrected chi connectivity index (χ2v) is 7.52. The second-order valence-electron chi connectivity index (χ2n) is 7.52. The molecule has 0 unspecified atom stereocenters. The summed E-state index contributed by atoms with van der Waals surface area (Å²) in [5.74, 6) is -1.14. The Morgan fingerprint density at radius 3 is 2.38 bits per heavy atom. The normalized spacial score (nSPS) is 16.8. The van der Waals surface area contributed by atoms with Crippen LogP contribution in [0.25, 0.3) is 10.9 Å². The third kappa shape index (κ3) is 3.97. The molecule has 1 aromatic heterocycles. The number of carboxylic acids is 1. The number of aromatic carboxylic acids is 1. The Labute approximate surface area is 152 Å². The molecule has 0 spiro atoms. The lowest BCUT2D eigenvalue weighted by atomic mass is 9.89. The molecule has 1 N–H and O–H groups in total.